The highest BCUT2D eigenvalue weighted by Gasteiger charge is 2.08. The minimum Gasteiger partial charge on any atom is -0.492 e. The quantitative estimate of drug-likeness (QED) is 0.502. The van der Waals surface area contributed by atoms with Gasteiger partial charge in [-0.3, -0.25) is 10.1 Å². The van der Waals surface area contributed by atoms with Gasteiger partial charge in [0.2, 0.25) is 0 Å². The Morgan fingerprint density at radius 3 is 2.81 bits per heavy atom. The summed E-state index contributed by atoms with van der Waals surface area (Å²) >= 11 is 0. The van der Waals surface area contributed by atoms with Crippen molar-refractivity contribution in [2.24, 2.45) is 0 Å². The summed E-state index contributed by atoms with van der Waals surface area (Å²) < 4.78 is 5.61. The zero-order valence-corrected chi connectivity index (χ0v) is 12.0. The molecule has 0 aliphatic heterocycles. The Balaban J connectivity index is 1.85. The van der Waals surface area contributed by atoms with E-state index in [2.05, 4.69) is 10.3 Å². The van der Waals surface area contributed by atoms with E-state index in [1.165, 1.54) is 12.3 Å². The molecule has 0 saturated heterocycles. The van der Waals surface area contributed by atoms with Crippen molar-refractivity contribution in [3.05, 3.63) is 57.8 Å². The van der Waals surface area contributed by atoms with Gasteiger partial charge in [-0.05, 0) is 37.1 Å². The second kappa shape index (κ2) is 6.69. The molecule has 1 aromatic carbocycles. The van der Waals surface area contributed by atoms with Crippen LogP contribution in [0.15, 0.2) is 36.5 Å². The molecule has 1 heterocycles. The molecule has 0 amide bonds. The lowest BCUT2D eigenvalue weighted by Gasteiger charge is -2.10. The van der Waals surface area contributed by atoms with E-state index in [0.717, 1.165) is 16.9 Å². The number of ether oxygens (including phenoxy) is 1. The first-order chi connectivity index (χ1) is 10.1. The average molecular weight is 287 g/mol. The van der Waals surface area contributed by atoms with Crippen molar-refractivity contribution in [2.75, 3.05) is 18.5 Å². The second-order valence-electron chi connectivity index (χ2n) is 4.71. The smallest absolute Gasteiger partial charge is 0.287 e. The number of nitro groups is 1. The summed E-state index contributed by atoms with van der Waals surface area (Å²) in [5.74, 6) is 1.46. The topological polar surface area (TPSA) is 77.3 Å². The van der Waals surface area contributed by atoms with Gasteiger partial charge in [0.15, 0.2) is 0 Å². The molecule has 1 aromatic heterocycles. The number of benzene rings is 1. The predicted molar refractivity (Wildman–Crippen MR) is 80.8 cm³/mol. The van der Waals surface area contributed by atoms with Crippen molar-refractivity contribution in [3.8, 4) is 5.75 Å². The lowest BCUT2D eigenvalue weighted by atomic mass is 10.2. The Morgan fingerprint density at radius 1 is 1.33 bits per heavy atom. The Morgan fingerprint density at radius 2 is 2.14 bits per heavy atom. The normalized spacial score (nSPS) is 10.2. The number of hydrogen-bond donors (Lipinski definition) is 1. The molecule has 0 unspecified atom stereocenters. The van der Waals surface area contributed by atoms with Crippen LogP contribution in [0.25, 0.3) is 0 Å². The molecule has 6 nitrogen and oxygen atoms in total. The summed E-state index contributed by atoms with van der Waals surface area (Å²) in [4.78, 5) is 14.2. The van der Waals surface area contributed by atoms with Crippen LogP contribution in [0.2, 0.25) is 0 Å². The summed E-state index contributed by atoms with van der Waals surface area (Å²) in [5, 5.41) is 13.7. The van der Waals surface area contributed by atoms with Crippen molar-refractivity contribution < 1.29 is 9.66 Å². The Labute approximate surface area is 122 Å². The first-order valence-electron chi connectivity index (χ1n) is 6.60. The summed E-state index contributed by atoms with van der Waals surface area (Å²) in [6, 6.07) is 9.32. The molecule has 0 spiro atoms. The van der Waals surface area contributed by atoms with Crippen molar-refractivity contribution in [2.45, 2.75) is 13.8 Å². The van der Waals surface area contributed by atoms with Gasteiger partial charge in [0.25, 0.3) is 5.69 Å². The van der Waals surface area contributed by atoms with Gasteiger partial charge in [-0.25, -0.2) is 4.98 Å². The average Bonchev–Trinajstić information content (AvgIpc) is 2.45. The molecule has 2 rings (SSSR count). The first-order valence-corrected chi connectivity index (χ1v) is 6.60. The number of pyridine rings is 1. The van der Waals surface area contributed by atoms with Gasteiger partial charge in [-0.1, -0.05) is 12.1 Å². The van der Waals surface area contributed by atoms with Crippen molar-refractivity contribution in [1.29, 1.82) is 0 Å². The monoisotopic (exact) mass is 287 g/mol. The van der Waals surface area contributed by atoms with Crippen LogP contribution in [0.4, 0.5) is 11.5 Å². The SMILES string of the molecule is Cc1cccc(OCCNc2ncc([N+](=O)[O-])cc2C)c1. The standard InChI is InChI=1S/C15H17N3O3/c1-11-4-3-5-14(8-11)21-7-6-16-15-12(2)9-13(10-17-15)18(19)20/h3-5,8-10H,6-7H2,1-2H3,(H,16,17). The number of rotatable bonds is 6. The summed E-state index contributed by atoms with van der Waals surface area (Å²) in [6.07, 6.45) is 1.25. The molecule has 2 aromatic rings. The number of aromatic nitrogens is 1. The van der Waals surface area contributed by atoms with Crippen LogP contribution in [0.5, 0.6) is 5.75 Å². The van der Waals surface area contributed by atoms with Gasteiger partial charge in [-0.2, -0.15) is 0 Å². The maximum absolute atomic E-state index is 10.6. The number of nitrogens with zero attached hydrogens (tertiary/aromatic N) is 2. The molecule has 0 aliphatic rings. The molecule has 0 saturated carbocycles. The Hall–Kier alpha value is -2.63. The van der Waals surface area contributed by atoms with Gasteiger partial charge < -0.3 is 10.1 Å². The highest BCUT2D eigenvalue weighted by atomic mass is 16.6. The molecule has 21 heavy (non-hydrogen) atoms. The lowest BCUT2D eigenvalue weighted by molar-refractivity contribution is -0.385. The predicted octanol–water partition coefficient (Wildman–Crippen LogP) is 3.10. The molecule has 0 radical (unpaired) electrons. The fraction of sp³-hybridized carbons (Fsp3) is 0.267. The van der Waals surface area contributed by atoms with E-state index < -0.39 is 4.92 Å². The van der Waals surface area contributed by atoms with Crippen LogP contribution in [-0.4, -0.2) is 23.1 Å². The van der Waals surface area contributed by atoms with E-state index in [0.29, 0.717) is 19.0 Å². The lowest BCUT2D eigenvalue weighted by Crippen LogP contribution is -2.13. The third-order valence-electron chi connectivity index (χ3n) is 2.93. The first kappa shape index (κ1) is 14.8. The van der Waals surface area contributed by atoms with Gasteiger partial charge >= 0.3 is 0 Å². The highest BCUT2D eigenvalue weighted by Crippen LogP contribution is 2.17. The van der Waals surface area contributed by atoms with Crippen LogP contribution in [0, 0.1) is 24.0 Å². The van der Waals surface area contributed by atoms with Gasteiger partial charge in [0.05, 0.1) is 11.5 Å². The molecular formula is C15H17N3O3. The van der Waals surface area contributed by atoms with Gasteiger partial charge in [0, 0.05) is 6.07 Å². The molecule has 0 atom stereocenters. The maximum atomic E-state index is 10.6. The molecular weight excluding hydrogens is 270 g/mol. The molecule has 0 bridgehead atoms. The number of nitrogens with one attached hydrogen (secondary N) is 1. The second-order valence-corrected chi connectivity index (χ2v) is 4.71. The zero-order chi connectivity index (χ0) is 15.2. The summed E-state index contributed by atoms with van der Waals surface area (Å²) in [7, 11) is 0. The third kappa shape index (κ3) is 4.17. The van der Waals surface area contributed by atoms with Crippen LogP contribution in [0.1, 0.15) is 11.1 Å². The van der Waals surface area contributed by atoms with Crippen molar-refractivity contribution >= 4 is 11.5 Å². The Kier molecular flexibility index (Phi) is 4.71. The maximum Gasteiger partial charge on any atom is 0.287 e. The van der Waals surface area contributed by atoms with Crippen LogP contribution >= 0.6 is 0 Å². The van der Waals surface area contributed by atoms with Crippen LogP contribution in [0.3, 0.4) is 0 Å². The molecule has 0 fully saturated rings. The zero-order valence-electron chi connectivity index (χ0n) is 12.0. The number of aryl methyl sites for hydroxylation is 2. The molecule has 0 aliphatic carbocycles. The van der Waals surface area contributed by atoms with Gasteiger partial charge in [-0.15, -0.1) is 0 Å². The minimum atomic E-state index is -0.454. The van der Waals surface area contributed by atoms with E-state index in [1.807, 2.05) is 31.2 Å². The van der Waals surface area contributed by atoms with E-state index in [-0.39, 0.29) is 5.69 Å². The fourth-order valence-corrected chi connectivity index (χ4v) is 1.89. The van der Waals surface area contributed by atoms with Gasteiger partial charge in [0.1, 0.15) is 24.4 Å². The van der Waals surface area contributed by atoms with Crippen molar-refractivity contribution in [3.63, 3.8) is 0 Å². The molecule has 6 heteroatoms. The fourth-order valence-electron chi connectivity index (χ4n) is 1.89. The van der Waals surface area contributed by atoms with E-state index >= 15 is 0 Å². The molecule has 1 N–H and O–H groups in total. The molecule has 110 valence electrons. The number of anilines is 1. The van der Waals surface area contributed by atoms with E-state index in [4.69, 9.17) is 4.74 Å². The third-order valence-corrected chi connectivity index (χ3v) is 2.93. The largest absolute Gasteiger partial charge is 0.492 e. The van der Waals surface area contributed by atoms with Crippen LogP contribution in [-0.2, 0) is 0 Å². The van der Waals surface area contributed by atoms with Crippen LogP contribution < -0.4 is 10.1 Å². The van der Waals surface area contributed by atoms with E-state index in [9.17, 15) is 10.1 Å². The number of hydrogen-bond acceptors (Lipinski definition) is 5. The summed E-state index contributed by atoms with van der Waals surface area (Å²) in [5.41, 5.74) is 1.88. The van der Waals surface area contributed by atoms with Crippen molar-refractivity contribution in [1.82, 2.24) is 4.98 Å². The van der Waals surface area contributed by atoms with E-state index in [1.54, 1.807) is 6.92 Å². The summed E-state index contributed by atoms with van der Waals surface area (Å²) in [6.45, 7) is 4.85. The minimum absolute atomic E-state index is 0.00550. The highest BCUT2D eigenvalue weighted by molar-refractivity contribution is 5.48. The Bertz CT molecular complexity index is 644.